The number of benzene rings is 1. The highest BCUT2D eigenvalue weighted by atomic mass is 16.5. The van der Waals surface area contributed by atoms with Gasteiger partial charge in [-0.05, 0) is 37.1 Å². The van der Waals surface area contributed by atoms with Crippen LogP contribution < -0.4 is 10.5 Å². The zero-order valence-electron chi connectivity index (χ0n) is 10.1. The minimum Gasteiger partial charge on any atom is -0.497 e. The Morgan fingerprint density at radius 2 is 2.06 bits per heavy atom. The minimum absolute atomic E-state index is 0.0700. The zero-order valence-corrected chi connectivity index (χ0v) is 10.1. The molecule has 0 aromatic heterocycles. The fourth-order valence-corrected chi connectivity index (χ4v) is 1.87. The van der Waals surface area contributed by atoms with Crippen LogP contribution in [0.5, 0.6) is 5.75 Å². The molecule has 2 N–H and O–H groups in total. The highest BCUT2D eigenvalue weighted by molar-refractivity contribution is 5.94. The van der Waals surface area contributed by atoms with Gasteiger partial charge in [-0.3, -0.25) is 4.79 Å². The number of carbonyl (C=O) groups excluding carboxylic acids is 1. The Kier molecular flexibility index (Phi) is 3.64. The fraction of sp³-hybridized carbons (Fsp3) is 0.462. The molecular weight excluding hydrogens is 216 g/mol. The number of amides is 1. The lowest BCUT2D eigenvalue weighted by atomic mass is 10.2. The van der Waals surface area contributed by atoms with Crippen molar-refractivity contribution in [2.24, 2.45) is 5.73 Å². The fourth-order valence-electron chi connectivity index (χ4n) is 1.87. The van der Waals surface area contributed by atoms with Crippen LogP contribution >= 0.6 is 0 Å². The first-order valence-electron chi connectivity index (χ1n) is 5.91. The molecule has 1 fully saturated rings. The van der Waals surface area contributed by atoms with Gasteiger partial charge in [0.1, 0.15) is 5.75 Å². The van der Waals surface area contributed by atoms with Gasteiger partial charge in [-0.1, -0.05) is 0 Å². The van der Waals surface area contributed by atoms with Gasteiger partial charge in [-0.25, -0.2) is 0 Å². The third kappa shape index (κ3) is 2.77. The van der Waals surface area contributed by atoms with Crippen molar-refractivity contribution in [3.05, 3.63) is 29.8 Å². The molecular formula is C13H18N2O2. The van der Waals surface area contributed by atoms with E-state index in [2.05, 4.69) is 0 Å². The van der Waals surface area contributed by atoms with E-state index in [4.69, 9.17) is 10.5 Å². The topological polar surface area (TPSA) is 55.6 Å². The molecule has 92 valence electrons. The number of methoxy groups -OCH3 is 1. The molecule has 0 bridgehead atoms. The minimum atomic E-state index is 0.0700. The summed E-state index contributed by atoms with van der Waals surface area (Å²) in [5.41, 5.74) is 6.24. The van der Waals surface area contributed by atoms with Crippen LogP contribution in [0, 0.1) is 0 Å². The first-order valence-corrected chi connectivity index (χ1v) is 5.91. The van der Waals surface area contributed by atoms with Crippen molar-refractivity contribution in [1.82, 2.24) is 4.90 Å². The predicted molar refractivity (Wildman–Crippen MR) is 66.1 cm³/mol. The normalized spacial score (nSPS) is 14.5. The summed E-state index contributed by atoms with van der Waals surface area (Å²) in [4.78, 5) is 14.1. The Labute approximate surface area is 101 Å². The number of carbonyl (C=O) groups is 1. The molecule has 1 aromatic carbocycles. The van der Waals surface area contributed by atoms with E-state index < -0.39 is 0 Å². The molecule has 1 aromatic rings. The number of rotatable bonds is 5. The molecule has 4 nitrogen and oxygen atoms in total. The third-order valence-electron chi connectivity index (χ3n) is 2.96. The molecule has 0 heterocycles. The van der Waals surface area contributed by atoms with Gasteiger partial charge in [0, 0.05) is 24.7 Å². The second kappa shape index (κ2) is 5.19. The summed E-state index contributed by atoms with van der Waals surface area (Å²) in [6.07, 6.45) is 2.20. The molecule has 1 aliphatic carbocycles. The van der Waals surface area contributed by atoms with Gasteiger partial charge in [0.2, 0.25) is 0 Å². The van der Waals surface area contributed by atoms with Crippen LogP contribution in [0.2, 0.25) is 0 Å². The Hall–Kier alpha value is -1.55. The van der Waals surface area contributed by atoms with Crippen molar-refractivity contribution in [3.8, 4) is 5.75 Å². The van der Waals surface area contributed by atoms with Crippen LogP contribution in [0.4, 0.5) is 0 Å². The van der Waals surface area contributed by atoms with E-state index in [9.17, 15) is 4.79 Å². The van der Waals surface area contributed by atoms with Crippen LogP contribution in [0.3, 0.4) is 0 Å². The maximum Gasteiger partial charge on any atom is 0.254 e. The van der Waals surface area contributed by atoms with Gasteiger partial charge in [0.25, 0.3) is 5.91 Å². The summed E-state index contributed by atoms with van der Waals surface area (Å²) in [5, 5.41) is 0. The van der Waals surface area contributed by atoms with E-state index in [0.717, 1.165) is 18.6 Å². The predicted octanol–water partition coefficient (Wildman–Crippen LogP) is 1.26. The van der Waals surface area contributed by atoms with Crippen LogP contribution in [0.1, 0.15) is 23.2 Å². The number of hydrogen-bond donors (Lipinski definition) is 1. The average Bonchev–Trinajstić information content (AvgIpc) is 3.19. The number of nitrogens with two attached hydrogens (primary N) is 1. The van der Waals surface area contributed by atoms with Gasteiger partial charge in [0.05, 0.1) is 7.11 Å². The highest BCUT2D eigenvalue weighted by Crippen LogP contribution is 2.28. The molecule has 0 saturated heterocycles. The lowest BCUT2D eigenvalue weighted by molar-refractivity contribution is 0.0748. The van der Waals surface area contributed by atoms with Crippen molar-refractivity contribution < 1.29 is 9.53 Å². The Bertz CT molecular complexity index is 385. The Morgan fingerprint density at radius 1 is 1.41 bits per heavy atom. The largest absolute Gasteiger partial charge is 0.497 e. The van der Waals surface area contributed by atoms with E-state index in [1.807, 2.05) is 4.90 Å². The molecule has 0 aliphatic heterocycles. The van der Waals surface area contributed by atoms with Crippen molar-refractivity contribution >= 4 is 5.91 Å². The van der Waals surface area contributed by atoms with Crippen molar-refractivity contribution in [3.63, 3.8) is 0 Å². The molecule has 1 aliphatic rings. The molecule has 1 saturated carbocycles. The molecule has 4 heteroatoms. The molecule has 0 unspecified atom stereocenters. The van der Waals surface area contributed by atoms with Crippen molar-refractivity contribution in [2.45, 2.75) is 18.9 Å². The third-order valence-corrected chi connectivity index (χ3v) is 2.96. The van der Waals surface area contributed by atoms with Crippen molar-refractivity contribution in [1.29, 1.82) is 0 Å². The second-order valence-corrected chi connectivity index (χ2v) is 4.25. The highest BCUT2D eigenvalue weighted by Gasteiger charge is 2.32. The Balaban J connectivity index is 2.10. The SMILES string of the molecule is COc1ccc(C(=O)N(CCN)C2CC2)cc1. The monoisotopic (exact) mass is 234 g/mol. The van der Waals surface area contributed by atoms with Gasteiger partial charge < -0.3 is 15.4 Å². The van der Waals surface area contributed by atoms with E-state index in [0.29, 0.717) is 24.7 Å². The lowest BCUT2D eigenvalue weighted by Crippen LogP contribution is -2.37. The van der Waals surface area contributed by atoms with Gasteiger partial charge in [0.15, 0.2) is 0 Å². The average molecular weight is 234 g/mol. The van der Waals surface area contributed by atoms with E-state index in [1.54, 1.807) is 31.4 Å². The van der Waals surface area contributed by atoms with E-state index in [-0.39, 0.29) is 5.91 Å². The summed E-state index contributed by atoms with van der Waals surface area (Å²) < 4.78 is 5.07. The maximum atomic E-state index is 12.2. The standard InChI is InChI=1S/C13H18N2O2/c1-17-12-6-2-10(3-7-12)13(16)15(9-8-14)11-4-5-11/h2-3,6-7,11H,4-5,8-9,14H2,1H3. The van der Waals surface area contributed by atoms with Crippen LogP contribution in [0.25, 0.3) is 0 Å². The number of ether oxygens (including phenoxy) is 1. The number of nitrogens with zero attached hydrogens (tertiary/aromatic N) is 1. The molecule has 1 amide bonds. The summed E-state index contributed by atoms with van der Waals surface area (Å²) in [5.74, 6) is 0.832. The summed E-state index contributed by atoms with van der Waals surface area (Å²) in [7, 11) is 1.61. The second-order valence-electron chi connectivity index (χ2n) is 4.25. The van der Waals surface area contributed by atoms with Gasteiger partial charge in [-0.15, -0.1) is 0 Å². The van der Waals surface area contributed by atoms with Crippen molar-refractivity contribution in [2.75, 3.05) is 20.2 Å². The Morgan fingerprint density at radius 3 is 2.53 bits per heavy atom. The first-order chi connectivity index (χ1) is 8.26. The van der Waals surface area contributed by atoms with Crippen LogP contribution in [-0.2, 0) is 0 Å². The van der Waals surface area contributed by atoms with Gasteiger partial charge in [-0.2, -0.15) is 0 Å². The smallest absolute Gasteiger partial charge is 0.254 e. The summed E-state index contributed by atoms with van der Waals surface area (Å²) in [6, 6.07) is 7.61. The number of hydrogen-bond acceptors (Lipinski definition) is 3. The van der Waals surface area contributed by atoms with E-state index in [1.165, 1.54) is 0 Å². The summed E-state index contributed by atoms with van der Waals surface area (Å²) >= 11 is 0. The van der Waals surface area contributed by atoms with Crippen LogP contribution in [0.15, 0.2) is 24.3 Å². The quantitative estimate of drug-likeness (QED) is 0.834. The molecule has 17 heavy (non-hydrogen) atoms. The molecule has 2 rings (SSSR count). The van der Waals surface area contributed by atoms with Crippen LogP contribution in [-0.4, -0.2) is 37.0 Å². The maximum absolute atomic E-state index is 12.2. The molecule has 0 spiro atoms. The zero-order chi connectivity index (χ0) is 12.3. The van der Waals surface area contributed by atoms with E-state index >= 15 is 0 Å². The molecule has 0 atom stereocenters. The first kappa shape index (κ1) is 11.9. The molecule has 0 radical (unpaired) electrons. The summed E-state index contributed by atoms with van der Waals surface area (Å²) in [6.45, 7) is 1.15. The van der Waals surface area contributed by atoms with Gasteiger partial charge >= 0.3 is 0 Å². The lowest BCUT2D eigenvalue weighted by Gasteiger charge is -2.21.